The first-order valence-corrected chi connectivity index (χ1v) is 1.78. The monoisotopic (exact) mass is 102 g/mol. The third kappa shape index (κ3) is 2.58. The van der Waals surface area contributed by atoms with Crippen molar-refractivity contribution in [1.29, 1.82) is 0 Å². The van der Waals surface area contributed by atoms with Crippen molar-refractivity contribution in [3.05, 3.63) is 0 Å². The van der Waals surface area contributed by atoms with Gasteiger partial charge in [-0.2, -0.15) is 0 Å². The smallest absolute Gasteiger partial charge is 0.270 e. The van der Waals surface area contributed by atoms with Gasteiger partial charge in [0.05, 0.1) is 0 Å². The van der Waals surface area contributed by atoms with Gasteiger partial charge in [0.25, 0.3) is 5.78 Å². The Morgan fingerprint density at radius 3 is 2.38 bits per heavy atom. The van der Waals surface area contributed by atoms with Gasteiger partial charge < -0.3 is 0 Å². The van der Waals surface area contributed by atoms with E-state index in [2.05, 4.69) is 18.8 Å². The molecule has 0 fully saturated rings. The second kappa shape index (κ2) is 3.54. The lowest BCUT2D eigenvalue weighted by Gasteiger charge is -1.62. The van der Waals surface area contributed by atoms with Gasteiger partial charge in [0.2, 0.25) is 0 Å². The lowest BCUT2D eigenvalue weighted by atomic mass is 10.4. The number of Topliss-reactive ketones (excluding diaryl/α,β-unsaturated/α-hetero) is 1. The van der Waals surface area contributed by atoms with Crippen LogP contribution in [0.2, 0.25) is 0 Å². The first kappa shape index (κ1) is 6.35. The highest BCUT2D eigenvalue weighted by Gasteiger charge is 1.80. The Hall–Kier alpha value is -1.65. The fourth-order valence-electron chi connectivity index (χ4n) is 0.129. The van der Waals surface area contributed by atoms with Gasteiger partial charge in [-0.25, -0.2) is 0 Å². The number of carbonyl (C=O) groups is 1. The summed E-state index contributed by atoms with van der Waals surface area (Å²) in [5.41, 5.74) is 0. The molecule has 0 aliphatic rings. The van der Waals surface area contributed by atoms with Crippen molar-refractivity contribution >= 4 is 5.78 Å². The average molecular weight is 102 g/mol. The van der Waals surface area contributed by atoms with E-state index < -0.39 is 5.78 Å². The molecule has 0 aromatic rings. The zero-order chi connectivity index (χ0) is 6.41. The van der Waals surface area contributed by atoms with E-state index in [-0.39, 0.29) is 0 Å². The molecule has 0 saturated heterocycles. The molecule has 0 bridgehead atoms. The van der Waals surface area contributed by atoms with Crippen molar-refractivity contribution in [2.24, 2.45) is 0 Å². The quantitative estimate of drug-likeness (QED) is 0.306. The summed E-state index contributed by atoms with van der Waals surface area (Å²) in [6.45, 7) is 0. The molecule has 0 radical (unpaired) electrons. The van der Waals surface area contributed by atoms with Crippen LogP contribution >= 0.6 is 0 Å². The third-order valence-electron chi connectivity index (χ3n) is 0.379. The van der Waals surface area contributed by atoms with Crippen molar-refractivity contribution in [1.82, 2.24) is 0 Å². The van der Waals surface area contributed by atoms with Crippen molar-refractivity contribution in [2.45, 2.75) is 0 Å². The predicted molar refractivity (Wildman–Crippen MR) is 30.4 cm³/mol. The second-order valence-electron chi connectivity index (χ2n) is 0.868. The van der Waals surface area contributed by atoms with Gasteiger partial charge in [-0.3, -0.25) is 4.79 Å². The summed E-state index contributed by atoms with van der Waals surface area (Å²) in [4.78, 5) is 10.1. The molecule has 1 nitrogen and oxygen atoms in total. The number of hydrogen-bond acceptors (Lipinski definition) is 1. The van der Waals surface area contributed by atoms with Gasteiger partial charge in [0.1, 0.15) is 0 Å². The van der Waals surface area contributed by atoms with Crippen LogP contribution in [-0.4, -0.2) is 5.78 Å². The Kier molecular flexibility index (Phi) is 2.81. The topological polar surface area (TPSA) is 17.1 Å². The predicted octanol–water partition coefficient (Wildman–Crippen LogP) is -0.175. The average Bonchev–Trinajstić information content (AvgIpc) is 1.83. The maximum atomic E-state index is 10.1. The van der Waals surface area contributed by atoms with Gasteiger partial charge >= 0.3 is 0 Å². The van der Waals surface area contributed by atoms with Crippen molar-refractivity contribution in [2.75, 3.05) is 0 Å². The molecule has 8 heavy (non-hydrogen) atoms. The second-order valence-corrected chi connectivity index (χ2v) is 0.868. The molecule has 0 amide bonds. The highest BCUT2D eigenvalue weighted by atomic mass is 16.1. The fourth-order valence-corrected chi connectivity index (χ4v) is 0.129. The summed E-state index contributed by atoms with van der Waals surface area (Å²) in [7, 11) is 0. The van der Waals surface area contributed by atoms with Crippen LogP contribution in [0.25, 0.3) is 0 Å². The summed E-state index contributed by atoms with van der Waals surface area (Å²) in [5.74, 6) is 7.27. The van der Waals surface area contributed by atoms with Crippen molar-refractivity contribution in [3.63, 3.8) is 0 Å². The Bertz CT molecular complexity index is 224. The van der Waals surface area contributed by atoms with Crippen molar-refractivity contribution in [3.8, 4) is 36.5 Å². The molecule has 36 valence electrons. The number of terminal acetylenes is 2. The van der Waals surface area contributed by atoms with E-state index in [0.717, 1.165) is 0 Å². The molecular weight excluding hydrogens is 100 g/mol. The van der Waals surface area contributed by atoms with Crippen LogP contribution in [0.3, 0.4) is 0 Å². The summed E-state index contributed by atoms with van der Waals surface area (Å²) in [6, 6.07) is 0. The van der Waals surface area contributed by atoms with Gasteiger partial charge in [-0.15, -0.1) is 12.8 Å². The standard InChI is InChI=1S/C7H2O/c1-3-5-6-7(8)4-2/h1-2H. The summed E-state index contributed by atoms with van der Waals surface area (Å²) in [6.07, 6.45) is 9.33. The van der Waals surface area contributed by atoms with E-state index in [9.17, 15) is 4.79 Å². The maximum absolute atomic E-state index is 10.1. The number of carbonyl (C=O) groups excluding carboxylic acids is 1. The zero-order valence-corrected chi connectivity index (χ0v) is 4.06. The minimum Gasteiger partial charge on any atom is -0.270 e. The van der Waals surface area contributed by atoms with Gasteiger partial charge in [-0.05, 0) is 23.7 Å². The molecule has 0 atom stereocenters. The van der Waals surface area contributed by atoms with Crippen LogP contribution in [0.15, 0.2) is 0 Å². The van der Waals surface area contributed by atoms with E-state index in [0.29, 0.717) is 0 Å². The van der Waals surface area contributed by atoms with Crippen LogP contribution in [0.1, 0.15) is 0 Å². The zero-order valence-electron chi connectivity index (χ0n) is 4.06. The van der Waals surface area contributed by atoms with Crippen LogP contribution < -0.4 is 0 Å². The van der Waals surface area contributed by atoms with E-state index in [4.69, 9.17) is 0 Å². The Morgan fingerprint density at radius 1 is 1.38 bits per heavy atom. The van der Waals surface area contributed by atoms with Gasteiger partial charge in [-0.1, -0.05) is 0 Å². The van der Waals surface area contributed by atoms with Gasteiger partial charge in [0.15, 0.2) is 0 Å². The first-order valence-electron chi connectivity index (χ1n) is 1.78. The number of ketones is 1. The SMILES string of the molecule is C#CC#CC(=O)C#C. The Morgan fingerprint density at radius 2 is 2.00 bits per heavy atom. The highest BCUT2D eigenvalue weighted by Crippen LogP contribution is 1.59. The number of hydrogen-bond donors (Lipinski definition) is 0. The van der Waals surface area contributed by atoms with E-state index >= 15 is 0 Å². The highest BCUT2D eigenvalue weighted by molar-refractivity contribution is 6.08. The molecule has 0 aromatic carbocycles. The minimum atomic E-state index is -0.581. The molecular formula is C7H2O. The summed E-state index contributed by atoms with van der Waals surface area (Å²) >= 11 is 0. The third-order valence-corrected chi connectivity index (χ3v) is 0.379. The molecule has 0 rings (SSSR count). The van der Waals surface area contributed by atoms with Crippen LogP contribution in [-0.2, 0) is 4.79 Å². The fraction of sp³-hybridized carbons (Fsp3) is 0. The van der Waals surface area contributed by atoms with Crippen LogP contribution in [0, 0.1) is 36.5 Å². The maximum Gasteiger partial charge on any atom is 0.279 e. The van der Waals surface area contributed by atoms with Crippen molar-refractivity contribution < 1.29 is 4.79 Å². The van der Waals surface area contributed by atoms with E-state index in [1.165, 1.54) is 0 Å². The molecule has 0 aliphatic heterocycles. The van der Waals surface area contributed by atoms with Crippen LogP contribution in [0.5, 0.6) is 0 Å². The largest absolute Gasteiger partial charge is 0.279 e. The minimum absolute atomic E-state index is 0.581. The normalized spacial score (nSPS) is 4.75. The molecule has 0 unspecified atom stereocenters. The molecule has 0 spiro atoms. The van der Waals surface area contributed by atoms with E-state index in [1.807, 2.05) is 11.8 Å². The molecule has 0 N–H and O–H groups in total. The molecule has 0 heterocycles. The lowest BCUT2D eigenvalue weighted by Crippen LogP contribution is -1.83. The summed E-state index contributed by atoms with van der Waals surface area (Å²) < 4.78 is 0. The van der Waals surface area contributed by atoms with Crippen LogP contribution in [0.4, 0.5) is 0 Å². The molecule has 0 aliphatic carbocycles. The Balaban J connectivity index is 4.00. The van der Waals surface area contributed by atoms with E-state index in [1.54, 1.807) is 5.92 Å². The molecule has 0 aromatic heterocycles. The summed E-state index contributed by atoms with van der Waals surface area (Å²) in [5, 5.41) is 0. The van der Waals surface area contributed by atoms with Gasteiger partial charge in [0, 0.05) is 0 Å². The Labute approximate surface area is 48.1 Å². The molecule has 0 saturated carbocycles. The first-order chi connectivity index (χ1) is 3.81. The number of rotatable bonds is 0. The lowest BCUT2D eigenvalue weighted by molar-refractivity contribution is -0.108. The molecule has 1 heteroatoms.